The first-order valence-corrected chi connectivity index (χ1v) is 14.3. The highest BCUT2D eigenvalue weighted by Crippen LogP contribution is 2.31. The second-order valence-electron chi connectivity index (χ2n) is 9.04. The minimum absolute atomic E-state index is 0.114. The quantitative estimate of drug-likeness (QED) is 0.258. The van der Waals surface area contributed by atoms with E-state index in [1.807, 2.05) is 0 Å². The van der Waals surface area contributed by atoms with E-state index in [9.17, 15) is 0 Å². The van der Waals surface area contributed by atoms with Crippen molar-refractivity contribution < 1.29 is 9.16 Å². The molecule has 0 aromatic heterocycles. The first kappa shape index (κ1) is 23.5. The summed E-state index contributed by atoms with van der Waals surface area (Å²) in [6.07, 6.45) is 2.90. The lowest BCUT2D eigenvalue weighted by Crippen LogP contribution is -2.49. The van der Waals surface area contributed by atoms with Crippen LogP contribution in [-0.2, 0) is 22.0 Å². The van der Waals surface area contributed by atoms with Crippen molar-refractivity contribution in [1.29, 1.82) is 0 Å². The van der Waals surface area contributed by atoms with E-state index in [1.54, 1.807) is 0 Å². The summed E-state index contributed by atoms with van der Waals surface area (Å²) in [6.45, 7) is 8.93. The number of hydrogen-bond donors (Lipinski definition) is 0. The predicted molar refractivity (Wildman–Crippen MR) is 133 cm³/mol. The van der Waals surface area contributed by atoms with Crippen LogP contribution in [0.15, 0.2) is 91.0 Å². The zero-order valence-electron chi connectivity index (χ0n) is 19.2. The molecule has 0 saturated carbocycles. The van der Waals surface area contributed by atoms with E-state index >= 15 is 0 Å². The van der Waals surface area contributed by atoms with Crippen LogP contribution in [0.1, 0.15) is 24.5 Å². The van der Waals surface area contributed by atoms with Crippen LogP contribution in [0.2, 0.25) is 13.1 Å². The van der Waals surface area contributed by atoms with Crippen LogP contribution in [-0.4, -0.2) is 28.1 Å². The molecule has 0 bridgehead atoms. The van der Waals surface area contributed by atoms with Crippen molar-refractivity contribution in [2.24, 2.45) is 5.41 Å². The maximum atomic E-state index is 6.82. The first-order valence-electron chi connectivity index (χ1n) is 11.4. The molecule has 3 aromatic carbocycles. The molecule has 164 valence electrons. The van der Waals surface area contributed by atoms with E-state index in [2.05, 4.69) is 111 Å². The summed E-state index contributed by atoms with van der Waals surface area (Å²) in [5.41, 5.74) is 2.55. The fourth-order valence-corrected chi connectivity index (χ4v) is 5.88. The molecule has 0 saturated heterocycles. The van der Waals surface area contributed by atoms with Crippen molar-refractivity contribution in [3.63, 3.8) is 0 Å². The Morgan fingerprint density at radius 1 is 0.677 bits per heavy atom. The summed E-state index contributed by atoms with van der Waals surface area (Å²) < 4.78 is 13.0. The van der Waals surface area contributed by atoms with E-state index in [-0.39, 0.29) is 5.41 Å². The zero-order chi connectivity index (χ0) is 22.0. The normalized spacial score (nSPS) is 12.1. The molecule has 2 nitrogen and oxygen atoms in total. The van der Waals surface area contributed by atoms with E-state index in [4.69, 9.17) is 9.16 Å². The molecule has 0 unspecified atom stereocenters. The van der Waals surface area contributed by atoms with Crippen LogP contribution in [0.25, 0.3) is 0 Å². The van der Waals surface area contributed by atoms with Gasteiger partial charge in [0.2, 0.25) is 8.32 Å². The van der Waals surface area contributed by atoms with Gasteiger partial charge in [0.05, 0.1) is 6.61 Å². The first-order chi connectivity index (χ1) is 15.0. The summed E-state index contributed by atoms with van der Waals surface area (Å²) in [7, 11) is -2.03. The summed E-state index contributed by atoms with van der Waals surface area (Å²) in [6, 6.07) is 32.2. The lowest BCUT2D eigenvalue weighted by Gasteiger charge is -2.37. The maximum Gasteiger partial charge on any atom is 0.218 e. The van der Waals surface area contributed by atoms with Gasteiger partial charge in [-0.25, -0.2) is 0 Å². The minimum Gasteiger partial charge on any atom is -0.412 e. The largest absolute Gasteiger partial charge is 0.412 e. The Hall–Kier alpha value is -2.20. The van der Waals surface area contributed by atoms with Gasteiger partial charge in [0.25, 0.3) is 0 Å². The van der Waals surface area contributed by atoms with Crippen molar-refractivity contribution in [3.05, 3.63) is 102 Å². The van der Waals surface area contributed by atoms with E-state index in [1.165, 1.54) is 16.3 Å². The predicted octanol–water partition coefficient (Wildman–Crippen LogP) is 6.01. The lowest BCUT2D eigenvalue weighted by atomic mass is 9.78. The molecule has 3 aromatic rings. The van der Waals surface area contributed by atoms with Crippen LogP contribution in [0.5, 0.6) is 0 Å². The highest BCUT2D eigenvalue weighted by atomic mass is 28.4. The van der Waals surface area contributed by atoms with Gasteiger partial charge in [0.1, 0.15) is 0 Å². The Morgan fingerprint density at radius 2 is 1.16 bits per heavy atom. The van der Waals surface area contributed by atoms with Crippen molar-refractivity contribution in [1.82, 2.24) is 0 Å². The number of ether oxygens (including phenoxy) is 1. The molecule has 0 fully saturated rings. The molecule has 31 heavy (non-hydrogen) atoms. The molecule has 0 aliphatic rings. The molecule has 0 atom stereocenters. The molecule has 3 rings (SSSR count). The Bertz CT molecular complexity index is 837. The van der Waals surface area contributed by atoms with Crippen molar-refractivity contribution in [3.8, 4) is 0 Å². The molecule has 0 radical (unpaired) electrons. The van der Waals surface area contributed by atoms with Gasteiger partial charge >= 0.3 is 0 Å². The van der Waals surface area contributed by atoms with Crippen LogP contribution in [0.3, 0.4) is 0 Å². The Morgan fingerprint density at radius 3 is 1.65 bits per heavy atom. The number of rotatable bonds is 12. The van der Waals surface area contributed by atoms with Gasteiger partial charge in [-0.15, -0.1) is 0 Å². The van der Waals surface area contributed by atoms with Crippen LogP contribution in [0.4, 0.5) is 0 Å². The van der Waals surface area contributed by atoms with Crippen molar-refractivity contribution in [2.75, 3.05) is 19.8 Å². The second kappa shape index (κ2) is 11.4. The summed E-state index contributed by atoms with van der Waals surface area (Å²) in [4.78, 5) is 0. The third kappa shape index (κ3) is 7.17. The van der Waals surface area contributed by atoms with E-state index in [0.29, 0.717) is 13.2 Å². The van der Waals surface area contributed by atoms with Gasteiger partial charge in [0, 0.05) is 18.6 Å². The molecule has 3 heteroatoms. The minimum atomic E-state index is -2.03. The third-order valence-corrected chi connectivity index (χ3v) is 8.40. The number of benzene rings is 3. The van der Waals surface area contributed by atoms with Gasteiger partial charge in [-0.3, -0.25) is 0 Å². The Kier molecular flexibility index (Phi) is 8.65. The molecular formula is C28H36O2Si. The SMILES string of the molecule is CCCOCC(CO[Si](C)(C)c1ccccc1)(Cc1ccccc1)Cc1ccccc1. The molecule has 0 heterocycles. The zero-order valence-corrected chi connectivity index (χ0v) is 20.2. The second-order valence-corrected chi connectivity index (χ2v) is 12.9. The molecule has 0 amide bonds. The Labute approximate surface area is 189 Å². The molecular weight excluding hydrogens is 396 g/mol. The molecule has 0 aliphatic heterocycles. The topological polar surface area (TPSA) is 18.5 Å². The van der Waals surface area contributed by atoms with Gasteiger partial charge in [-0.2, -0.15) is 0 Å². The van der Waals surface area contributed by atoms with Crippen molar-refractivity contribution in [2.45, 2.75) is 39.3 Å². The average molecular weight is 433 g/mol. The number of hydrogen-bond acceptors (Lipinski definition) is 2. The van der Waals surface area contributed by atoms with Crippen LogP contribution in [0, 0.1) is 5.41 Å². The lowest BCUT2D eigenvalue weighted by molar-refractivity contribution is 0.0117. The molecule has 0 aliphatic carbocycles. The molecule has 0 spiro atoms. The fourth-order valence-electron chi connectivity index (χ4n) is 4.06. The van der Waals surface area contributed by atoms with Gasteiger partial charge in [0.15, 0.2) is 0 Å². The summed E-state index contributed by atoms with van der Waals surface area (Å²) in [5.74, 6) is 0. The van der Waals surface area contributed by atoms with Gasteiger partial charge < -0.3 is 9.16 Å². The highest BCUT2D eigenvalue weighted by molar-refractivity contribution is 6.84. The third-order valence-electron chi connectivity index (χ3n) is 5.81. The van der Waals surface area contributed by atoms with Gasteiger partial charge in [-0.1, -0.05) is 97.9 Å². The van der Waals surface area contributed by atoms with Crippen LogP contribution >= 0.6 is 0 Å². The maximum absolute atomic E-state index is 6.82. The summed E-state index contributed by atoms with van der Waals surface area (Å²) in [5, 5.41) is 1.33. The van der Waals surface area contributed by atoms with E-state index in [0.717, 1.165) is 25.9 Å². The highest BCUT2D eigenvalue weighted by Gasteiger charge is 2.35. The average Bonchev–Trinajstić information content (AvgIpc) is 2.80. The standard InChI is InChI=1S/C28H36O2Si/c1-4-20-29-23-28(21-25-14-8-5-9-15-25,22-26-16-10-6-11-17-26)24-30-31(2,3)27-18-12-7-13-19-27/h5-19H,4,20-24H2,1-3H3. The monoisotopic (exact) mass is 432 g/mol. The summed E-state index contributed by atoms with van der Waals surface area (Å²) >= 11 is 0. The van der Waals surface area contributed by atoms with E-state index < -0.39 is 8.32 Å². The fraction of sp³-hybridized carbons (Fsp3) is 0.357. The Balaban J connectivity index is 1.89. The van der Waals surface area contributed by atoms with Crippen LogP contribution < -0.4 is 5.19 Å². The van der Waals surface area contributed by atoms with Crippen molar-refractivity contribution >= 4 is 13.5 Å². The smallest absolute Gasteiger partial charge is 0.218 e. The molecule has 0 N–H and O–H groups in total. The van der Waals surface area contributed by atoms with Gasteiger partial charge in [-0.05, 0) is 48.7 Å².